The van der Waals surface area contributed by atoms with Crippen LogP contribution in [0.15, 0.2) is 0 Å². The molecule has 21 heavy (non-hydrogen) atoms. The minimum absolute atomic E-state index is 0.508. The number of hydrogen-bond acceptors (Lipinski definition) is 3. The van der Waals surface area contributed by atoms with E-state index in [4.69, 9.17) is 0 Å². The van der Waals surface area contributed by atoms with E-state index in [2.05, 4.69) is 34.5 Å². The Kier molecular flexibility index (Phi) is 11.0. The number of aromatic amines is 1. The molecule has 1 rings (SSSR count). The maximum absolute atomic E-state index is 4.18. The van der Waals surface area contributed by atoms with Crippen molar-refractivity contribution < 1.29 is 0 Å². The molecule has 0 aromatic carbocycles. The number of unbranched alkanes of at least 4 members (excludes halogenated alkanes) is 9. The van der Waals surface area contributed by atoms with E-state index in [9.17, 15) is 0 Å². The van der Waals surface area contributed by atoms with Gasteiger partial charge in [-0.3, -0.25) is 0 Å². The molecule has 0 spiro atoms. The summed E-state index contributed by atoms with van der Waals surface area (Å²) in [6.45, 7) is 4.52. The van der Waals surface area contributed by atoms with Crippen LogP contribution in [0.25, 0.3) is 0 Å². The smallest absolute Gasteiger partial charge is 0.177 e. The summed E-state index contributed by atoms with van der Waals surface area (Å²) in [5, 5.41) is 14.7. The molecule has 1 N–H and O–H groups in total. The maximum atomic E-state index is 4.18. The Balaban J connectivity index is 2.05. The lowest BCUT2D eigenvalue weighted by molar-refractivity contribution is 0.482. The van der Waals surface area contributed by atoms with Crippen LogP contribution in [0.2, 0.25) is 0 Å². The van der Waals surface area contributed by atoms with Crippen LogP contribution in [0.3, 0.4) is 0 Å². The van der Waals surface area contributed by atoms with Gasteiger partial charge < -0.3 is 0 Å². The predicted molar refractivity (Wildman–Crippen MR) is 88.3 cm³/mol. The molecule has 0 fully saturated rings. The van der Waals surface area contributed by atoms with Crippen molar-refractivity contribution in [2.45, 2.75) is 103 Å². The third kappa shape index (κ3) is 8.84. The molecule has 0 aliphatic heterocycles. The molecule has 0 amide bonds. The molecule has 4 nitrogen and oxygen atoms in total. The van der Waals surface area contributed by atoms with Gasteiger partial charge in [-0.25, -0.2) is 0 Å². The van der Waals surface area contributed by atoms with Gasteiger partial charge >= 0.3 is 0 Å². The van der Waals surface area contributed by atoms with Gasteiger partial charge in [-0.05, 0) is 12.8 Å². The van der Waals surface area contributed by atoms with E-state index >= 15 is 0 Å². The van der Waals surface area contributed by atoms with E-state index in [1.807, 2.05) is 0 Å². The Hall–Kier alpha value is -0.930. The second-order valence-electron chi connectivity index (χ2n) is 6.23. The number of hydrogen-bond donors (Lipinski definition) is 1. The summed E-state index contributed by atoms with van der Waals surface area (Å²) in [6, 6.07) is 0. The zero-order valence-electron chi connectivity index (χ0n) is 14.1. The third-order valence-electron chi connectivity index (χ3n) is 4.29. The van der Waals surface area contributed by atoms with Crippen LogP contribution < -0.4 is 0 Å². The standard InChI is InChI=1S/C17H34N4/c1-3-5-7-8-9-10-11-12-13-15-16(14-6-4-2)17-18-20-21-19-17/h16H,3-15H2,1-2H3,(H,18,19,20,21). The summed E-state index contributed by atoms with van der Waals surface area (Å²) >= 11 is 0. The molecule has 0 aliphatic carbocycles. The van der Waals surface area contributed by atoms with Crippen LogP contribution in [-0.4, -0.2) is 20.6 Å². The van der Waals surface area contributed by atoms with Crippen LogP contribution >= 0.6 is 0 Å². The highest BCUT2D eigenvalue weighted by molar-refractivity contribution is 4.90. The lowest BCUT2D eigenvalue weighted by atomic mass is 9.94. The topological polar surface area (TPSA) is 54.5 Å². The number of tetrazole rings is 1. The van der Waals surface area contributed by atoms with Gasteiger partial charge in [0.15, 0.2) is 5.82 Å². The van der Waals surface area contributed by atoms with Gasteiger partial charge in [0.2, 0.25) is 0 Å². The van der Waals surface area contributed by atoms with Gasteiger partial charge in [-0.2, -0.15) is 5.21 Å². The molecule has 1 aromatic heterocycles. The summed E-state index contributed by atoms with van der Waals surface area (Å²) in [5.41, 5.74) is 0. The quantitative estimate of drug-likeness (QED) is 0.468. The number of aromatic nitrogens is 4. The van der Waals surface area contributed by atoms with Crippen molar-refractivity contribution in [1.29, 1.82) is 0 Å². The van der Waals surface area contributed by atoms with Crippen LogP contribution in [0.5, 0.6) is 0 Å². The molecule has 0 saturated heterocycles. The first kappa shape index (κ1) is 18.1. The highest BCUT2D eigenvalue weighted by atomic mass is 15.5. The van der Waals surface area contributed by atoms with Gasteiger partial charge in [0.25, 0.3) is 0 Å². The maximum Gasteiger partial charge on any atom is 0.177 e. The Morgan fingerprint density at radius 3 is 1.90 bits per heavy atom. The van der Waals surface area contributed by atoms with Gasteiger partial charge in [-0.15, -0.1) is 10.2 Å². The SMILES string of the molecule is CCCCCCCCCCCC(CCCC)c1nn[nH]n1. The normalized spacial score (nSPS) is 12.7. The molecule has 0 saturated carbocycles. The van der Waals surface area contributed by atoms with Gasteiger partial charge in [-0.1, -0.05) is 89.7 Å². The summed E-state index contributed by atoms with van der Waals surface area (Å²) in [6.07, 6.45) is 17.4. The zero-order chi connectivity index (χ0) is 15.2. The fourth-order valence-electron chi connectivity index (χ4n) is 2.90. The summed E-state index contributed by atoms with van der Waals surface area (Å²) in [4.78, 5) is 0. The fraction of sp³-hybridized carbons (Fsp3) is 0.941. The van der Waals surface area contributed by atoms with Crippen LogP contribution in [0.1, 0.15) is 109 Å². The Labute approximate surface area is 130 Å². The van der Waals surface area contributed by atoms with Crippen molar-refractivity contribution in [3.05, 3.63) is 5.82 Å². The van der Waals surface area contributed by atoms with Crippen molar-refractivity contribution in [2.75, 3.05) is 0 Å². The lowest BCUT2D eigenvalue weighted by Gasteiger charge is -2.12. The Morgan fingerprint density at radius 2 is 1.33 bits per heavy atom. The summed E-state index contributed by atoms with van der Waals surface area (Å²) < 4.78 is 0. The molecule has 1 unspecified atom stereocenters. The summed E-state index contributed by atoms with van der Waals surface area (Å²) in [5.74, 6) is 1.43. The second kappa shape index (κ2) is 12.8. The van der Waals surface area contributed by atoms with Gasteiger partial charge in [0.05, 0.1) is 0 Å². The van der Waals surface area contributed by atoms with Gasteiger partial charge in [0, 0.05) is 5.92 Å². The lowest BCUT2D eigenvalue weighted by Crippen LogP contribution is -2.02. The van der Waals surface area contributed by atoms with E-state index in [0.29, 0.717) is 5.92 Å². The highest BCUT2D eigenvalue weighted by Crippen LogP contribution is 2.25. The molecule has 122 valence electrons. The largest absolute Gasteiger partial charge is 0.177 e. The number of H-pyrrole nitrogens is 1. The van der Waals surface area contributed by atoms with Crippen LogP contribution in [0.4, 0.5) is 0 Å². The van der Waals surface area contributed by atoms with Crippen molar-refractivity contribution in [3.8, 4) is 0 Å². The average molecular weight is 294 g/mol. The molecule has 1 heterocycles. The van der Waals surface area contributed by atoms with Crippen molar-refractivity contribution in [3.63, 3.8) is 0 Å². The molecular weight excluding hydrogens is 260 g/mol. The molecule has 4 heteroatoms. The van der Waals surface area contributed by atoms with Crippen LogP contribution in [-0.2, 0) is 0 Å². The molecule has 0 bridgehead atoms. The monoisotopic (exact) mass is 294 g/mol. The van der Waals surface area contributed by atoms with Gasteiger partial charge in [0.1, 0.15) is 0 Å². The first-order chi connectivity index (χ1) is 10.4. The zero-order valence-corrected chi connectivity index (χ0v) is 14.1. The number of nitrogens with zero attached hydrogens (tertiary/aromatic N) is 3. The highest BCUT2D eigenvalue weighted by Gasteiger charge is 2.15. The second-order valence-corrected chi connectivity index (χ2v) is 6.23. The van der Waals surface area contributed by atoms with Crippen molar-refractivity contribution in [1.82, 2.24) is 20.6 Å². The molecule has 1 atom stereocenters. The van der Waals surface area contributed by atoms with E-state index in [0.717, 1.165) is 5.82 Å². The Morgan fingerprint density at radius 1 is 0.762 bits per heavy atom. The first-order valence-electron chi connectivity index (χ1n) is 9.11. The summed E-state index contributed by atoms with van der Waals surface area (Å²) in [7, 11) is 0. The van der Waals surface area contributed by atoms with E-state index in [1.165, 1.54) is 83.5 Å². The van der Waals surface area contributed by atoms with E-state index in [1.54, 1.807) is 0 Å². The molecule has 0 radical (unpaired) electrons. The molecular formula is C17H34N4. The third-order valence-corrected chi connectivity index (χ3v) is 4.29. The number of rotatable bonds is 14. The first-order valence-corrected chi connectivity index (χ1v) is 9.11. The number of nitrogens with one attached hydrogen (secondary N) is 1. The average Bonchev–Trinajstić information content (AvgIpc) is 3.02. The minimum atomic E-state index is 0.508. The molecule has 1 aromatic rings. The predicted octanol–water partition coefficient (Wildman–Crippen LogP) is 5.39. The Bertz CT molecular complexity index is 311. The van der Waals surface area contributed by atoms with E-state index < -0.39 is 0 Å². The minimum Gasteiger partial charge on any atom is -0.177 e. The van der Waals surface area contributed by atoms with E-state index in [-0.39, 0.29) is 0 Å². The van der Waals surface area contributed by atoms with Crippen LogP contribution in [0, 0.1) is 0 Å². The van der Waals surface area contributed by atoms with Crippen molar-refractivity contribution in [2.24, 2.45) is 0 Å². The molecule has 0 aliphatic rings. The van der Waals surface area contributed by atoms with Crippen molar-refractivity contribution >= 4 is 0 Å². The fourth-order valence-corrected chi connectivity index (χ4v) is 2.90.